The fourth-order valence-corrected chi connectivity index (χ4v) is 4.66. The van der Waals surface area contributed by atoms with Gasteiger partial charge in [-0.1, -0.05) is 36.0 Å². The second-order valence-electron chi connectivity index (χ2n) is 5.50. The molecule has 1 amide bonds. The van der Waals surface area contributed by atoms with Crippen LogP contribution in [-0.2, 0) is 0 Å². The average Bonchev–Trinajstić information content (AvgIpc) is 3.08. The van der Waals surface area contributed by atoms with Crippen molar-refractivity contribution in [2.75, 3.05) is 26.2 Å². The van der Waals surface area contributed by atoms with Crippen LogP contribution in [0.2, 0.25) is 8.67 Å². The number of carbonyl (C=O) groups excluding carboxylic acids is 1. The zero-order valence-corrected chi connectivity index (χ0v) is 13.6. The first-order valence-corrected chi connectivity index (χ1v) is 8.70. The lowest BCUT2D eigenvalue weighted by Crippen LogP contribution is -2.51. The largest absolute Gasteiger partial charge is 0.336 e. The van der Waals surface area contributed by atoms with E-state index >= 15 is 0 Å². The van der Waals surface area contributed by atoms with E-state index in [-0.39, 0.29) is 5.91 Å². The van der Waals surface area contributed by atoms with E-state index in [9.17, 15) is 4.79 Å². The summed E-state index contributed by atoms with van der Waals surface area (Å²) in [7, 11) is 0. The molecule has 3 nitrogen and oxygen atoms in total. The van der Waals surface area contributed by atoms with E-state index < -0.39 is 0 Å². The third-order valence-corrected chi connectivity index (χ3v) is 5.82. The van der Waals surface area contributed by atoms with Gasteiger partial charge in [-0.15, -0.1) is 11.3 Å². The van der Waals surface area contributed by atoms with Gasteiger partial charge in [-0.2, -0.15) is 0 Å². The maximum atomic E-state index is 12.4. The summed E-state index contributed by atoms with van der Waals surface area (Å²) in [6.45, 7) is 3.54. The molecule has 2 aliphatic rings. The Morgan fingerprint density at radius 2 is 1.80 bits per heavy atom. The molecule has 6 heteroatoms. The van der Waals surface area contributed by atoms with Gasteiger partial charge >= 0.3 is 0 Å². The number of hydrogen-bond donors (Lipinski definition) is 0. The molecule has 2 fully saturated rings. The minimum Gasteiger partial charge on any atom is -0.336 e. The predicted molar refractivity (Wildman–Crippen MR) is 84.1 cm³/mol. The van der Waals surface area contributed by atoms with Crippen molar-refractivity contribution in [3.63, 3.8) is 0 Å². The molecule has 0 unspecified atom stereocenters. The van der Waals surface area contributed by atoms with Crippen LogP contribution in [0.4, 0.5) is 0 Å². The number of rotatable bonds is 2. The van der Waals surface area contributed by atoms with Crippen LogP contribution < -0.4 is 0 Å². The lowest BCUT2D eigenvalue weighted by atomic mass is 10.1. The van der Waals surface area contributed by atoms with Crippen molar-refractivity contribution in [1.82, 2.24) is 9.80 Å². The summed E-state index contributed by atoms with van der Waals surface area (Å²) in [5, 5.41) is 0. The number of amides is 1. The van der Waals surface area contributed by atoms with E-state index in [0.29, 0.717) is 14.2 Å². The molecular formula is C14H18Cl2N2OS. The summed E-state index contributed by atoms with van der Waals surface area (Å²) < 4.78 is 1.07. The van der Waals surface area contributed by atoms with Crippen LogP contribution in [0.5, 0.6) is 0 Å². The van der Waals surface area contributed by atoms with Gasteiger partial charge in [0.25, 0.3) is 5.91 Å². The van der Waals surface area contributed by atoms with Crippen molar-refractivity contribution in [2.45, 2.75) is 31.7 Å². The van der Waals surface area contributed by atoms with Gasteiger partial charge in [0.05, 0.1) is 9.90 Å². The van der Waals surface area contributed by atoms with Gasteiger partial charge < -0.3 is 4.90 Å². The summed E-state index contributed by atoms with van der Waals surface area (Å²) in [4.78, 5) is 16.9. The summed E-state index contributed by atoms with van der Waals surface area (Å²) in [6, 6.07) is 2.42. The molecule has 1 aromatic heterocycles. The van der Waals surface area contributed by atoms with E-state index in [1.807, 2.05) is 4.90 Å². The van der Waals surface area contributed by atoms with Gasteiger partial charge in [0.1, 0.15) is 4.34 Å². The molecule has 1 saturated heterocycles. The quantitative estimate of drug-likeness (QED) is 0.823. The molecule has 1 saturated carbocycles. The number of piperazine rings is 1. The van der Waals surface area contributed by atoms with Crippen LogP contribution in [-0.4, -0.2) is 47.9 Å². The molecule has 0 bridgehead atoms. The van der Waals surface area contributed by atoms with E-state index in [1.165, 1.54) is 37.0 Å². The Kier molecular flexibility index (Phi) is 4.55. The standard InChI is InChI=1S/C14H18Cl2N2OS/c15-12-9-11(13(16)20-12)14(19)18-7-5-17(6-8-18)10-3-1-2-4-10/h9-10H,1-8H2. The highest BCUT2D eigenvalue weighted by atomic mass is 35.5. The van der Waals surface area contributed by atoms with Gasteiger partial charge in [-0.25, -0.2) is 0 Å². The Labute approximate surface area is 133 Å². The monoisotopic (exact) mass is 332 g/mol. The summed E-state index contributed by atoms with van der Waals surface area (Å²) >= 11 is 13.2. The van der Waals surface area contributed by atoms with Crippen molar-refractivity contribution in [2.24, 2.45) is 0 Å². The third-order valence-electron chi connectivity index (χ3n) is 4.33. The minimum atomic E-state index is 0.0178. The van der Waals surface area contributed by atoms with Crippen LogP contribution in [0.1, 0.15) is 36.0 Å². The highest BCUT2D eigenvalue weighted by Crippen LogP contribution is 2.32. The molecule has 1 aliphatic heterocycles. The predicted octanol–water partition coefficient (Wildman–Crippen LogP) is 3.76. The number of nitrogens with zero attached hydrogens (tertiary/aromatic N) is 2. The molecule has 0 spiro atoms. The Bertz CT molecular complexity index is 491. The second-order valence-corrected chi connectivity index (χ2v) is 7.79. The molecule has 110 valence electrons. The number of halogens is 2. The van der Waals surface area contributed by atoms with E-state index in [4.69, 9.17) is 23.2 Å². The first kappa shape index (κ1) is 14.6. The average molecular weight is 333 g/mol. The molecule has 1 aliphatic carbocycles. The van der Waals surface area contributed by atoms with E-state index in [1.54, 1.807) is 6.07 Å². The topological polar surface area (TPSA) is 23.6 Å². The van der Waals surface area contributed by atoms with Crippen LogP contribution >= 0.6 is 34.5 Å². The van der Waals surface area contributed by atoms with Gasteiger partial charge in [-0.05, 0) is 18.9 Å². The first-order valence-electron chi connectivity index (χ1n) is 7.13. The molecule has 0 atom stereocenters. The normalized spacial score (nSPS) is 21.6. The van der Waals surface area contributed by atoms with Gasteiger partial charge in [0.15, 0.2) is 0 Å². The second kappa shape index (κ2) is 6.22. The van der Waals surface area contributed by atoms with E-state index in [2.05, 4.69) is 4.90 Å². The van der Waals surface area contributed by atoms with Crippen molar-refractivity contribution in [3.05, 3.63) is 20.3 Å². The Hall–Kier alpha value is -0.290. The molecule has 3 rings (SSSR count). The Morgan fingerprint density at radius 1 is 1.15 bits per heavy atom. The highest BCUT2D eigenvalue weighted by Gasteiger charge is 2.29. The van der Waals surface area contributed by atoms with Crippen molar-refractivity contribution in [3.8, 4) is 0 Å². The zero-order chi connectivity index (χ0) is 14.1. The number of thiophene rings is 1. The summed E-state index contributed by atoms with van der Waals surface area (Å²) in [6.07, 6.45) is 5.35. The van der Waals surface area contributed by atoms with Crippen molar-refractivity contribution < 1.29 is 4.79 Å². The SMILES string of the molecule is O=C(c1cc(Cl)sc1Cl)N1CCN(C2CCCC2)CC1. The first-order chi connectivity index (χ1) is 9.65. The van der Waals surface area contributed by atoms with Crippen molar-refractivity contribution >= 4 is 40.4 Å². The van der Waals surface area contributed by atoms with Crippen LogP contribution in [0.15, 0.2) is 6.07 Å². The third kappa shape index (κ3) is 2.98. The van der Waals surface area contributed by atoms with E-state index in [0.717, 1.165) is 32.2 Å². The fraction of sp³-hybridized carbons (Fsp3) is 0.643. The maximum Gasteiger partial charge on any atom is 0.256 e. The molecule has 1 aromatic rings. The van der Waals surface area contributed by atoms with Gasteiger partial charge in [0, 0.05) is 32.2 Å². The van der Waals surface area contributed by atoms with Crippen molar-refractivity contribution in [1.29, 1.82) is 0 Å². The molecule has 20 heavy (non-hydrogen) atoms. The smallest absolute Gasteiger partial charge is 0.256 e. The van der Waals surface area contributed by atoms with Crippen LogP contribution in [0.3, 0.4) is 0 Å². The summed E-state index contributed by atoms with van der Waals surface area (Å²) in [5.41, 5.74) is 0.552. The molecular weight excluding hydrogens is 315 g/mol. The maximum absolute atomic E-state index is 12.4. The highest BCUT2D eigenvalue weighted by molar-refractivity contribution is 7.20. The molecule has 2 heterocycles. The molecule has 0 N–H and O–H groups in total. The summed E-state index contributed by atoms with van der Waals surface area (Å²) in [5.74, 6) is 0.0178. The molecule has 0 radical (unpaired) electrons. The Balaban J connectivity index is 1.60. The van der Waals surface area contributed by atoms with Gasteiger partial charge in [0.2, 0.25) is 0 Å². The fourth-order valence-electron chi connectivity index (χ4n) is 3.22. The molecule has 0 aromatic carbocycles. The number of hydrogen-bond acceptors (Lipinski definition) is 3. The van der Waals surface area contributed by atoms with Crippen LogP contribution in [0, 0.1) is 0 Å². The lowest BCUT2D eigenvalue weighted by Gasteiger charge is -2.38. The minimum absolute atomic E-state index is 0.0178. The lowest BCUT2D eigenvalue weighted by molar-refractivity contribution is 0.0574. The van der Waals surface area contributed by atoms with Crippen LogP contribution in [0.25, 0.3) is 0 Å². The number of carbonyl (C=O) groups is 1. The Morgan fingerprint density at radius 3 is 2.35 bits per heavy atom. The zero-order valence-electron chi connectivity index (χ0n) is 11.3. The van der Waals surface area contributed by atoms with Gasteiger partial charge in [-0.3, -0.25) is 9.69 Å².